The number of urea groups is 1. The number of aromatic nitrogens is 2. The zero-order valence-corrected chi connectivity index (χ0v) is 13.7. The molecular weight excluding hydrogens is 377 g/mol. The minimum absolute atomic E-state index is 0.0338. The first-order chi connectivity index (χ1) is 12.2. The first-order valence-corrected chi connectivity index (χ1v) is 7.79. The summed E-state index contributed by atoms with van der Waals surface area (Å²) in [6.07, 6.45) is -6.37. The van der Waals surface area contributed by atoms with Gasteiger partial charge in [-0.2, -0.15) is 18.1 Å². The summed E-state index contributed by atoms with van der Waals surface area (Å²) in [6, 6.07) is 6.74. The second-order valence-corrected chi connectivity index (χ2v) is 6.03. The molecule has 12 heteroatoms. The van der Waals surface area contributed by atoms with E-state index in [9.17, 15) is 27.6 Å². The summed E-state index contributed by atoms with van der Waals surface area (Å²) >= 11 is 0.0338. The van der Waals surface area contributed by atoms with E-state index in [1.54, 1.807) is 18.2 Å². The Hall–Kier alpha value is -3.02. The van der Waals surface area contributed by atoms with Crippen LogP contribution in [0.4, 0.5) is 23.1 Å². The van der Waals surface area contributed by atoms with E-state index in [4.69, 9.17) is 4.74 Å². The molecule has 1 aromatic heterocycles. The average molecular weight is 386 g/mol. The van der Waals surface area contributed by atoms with Gasteiger partial charge < -0.3 is 4.74 Å². The molecule has 0 bridgehead atoms. The lowest BCUT2D eigenvalue weighted by atomic mass is 10.2. The van der Waals surface area contributed by atoms with Crippen LogP contribution in [0.1, 0.15) is 15.4 Å². The van der Waals surface area contributed by atoms with Crippen molar-refractivity contribution >= 4 is 34.4 Å². The quantitative estimate of drug-likeness (QED) is 0.593. The lowest BCUT2D eigenvalue weighted by Crippen LogP contribution is -2.36. The Morgan fingerprint density at radius 1 is 1.19 bits per heavy atom. The minimum atomic E-state index is -4.76. The molecule has 0 spiro atoms. The third kappa shape index (κ3) is 3.10. The molecule has 2 aromatic rings. The molecule has 3 rings (SSSR count). The molecule has 1 aromatic carbocycles. The maximum atomic E-state index is 12.6. The zero-order chi connectivity index (χ0) is 19.1. The van der Waals surface area contributed by atoms with Crippen molar-refractivity contribution in [3.63, 3.8) is 0 Å². The summed E-state index contributed by atoms with van der Waals surface area (Å²) in [5.74, 6) is -1.90. The molecule has 3 amide bonds. The van der Waals surface area contributed by atoms with Gasteiger partial charge in [0.1, 0.15) is 0 Å². The van der Waals surface area contributed by atoms with Gasteiger partial charge in [0.2, 0.25) is 10.1 Å². The molecule has 1 atom stereocenters. The standard InChI is InChI=1S/C14H9F3N4O4S/c1-20-9(25-10(23)7-5-3-2-4-6-7)8(22)21(13(20)24)12-19-18-11(26-12)14(15,16)17/h2-6,9H,1H3. The van der Waals surface area contributed by atoms with E-state index in [1.165, 1.54) is 19.2 Å². The third-order valence-corrected chi connectivity index (χ3v) is 4.31. The molecule has 1 fully saturated rings. The fourth-order valence-corrected chi connectivity index (χ4v) is 2.81. The number of nitrogens with zero attached hydrogens (tertiary/aromatic N) is 4. The highest BCUT2D eigenvalue weighted by Gasteiger charge is 2.49. The van der Waals surface area contributed by atoms with E-state index in [-0.39, 0.29) is 16.9 Å². The van der Waals surface area contributed by atoms with Gasteiger partial charge in [-0.25, -0.2) is 9.59 Å². The van der Waals surface area contributed by atoms with Crippen molar-refractivity contribution in [2.24, 2.45) is 0 Å². The Morgan fingerprint density at radius 3 is 2.42 bits per heavy atom. The van der Waals surface area contributed by atoms with E-state index < -0.39 is 40.5 Å². The number of imide groups is 1. The second kappa shape index (κ2) is 6.37. The van der Waals surface area contributed by atoms with Gasteiger partial charge >= 0.3 is 18.2 Å². The second-order valence-electron chi connectivity index (χ2n) is 5.08. The third-order valence-electron chi connectivity index (χ3n) is 3.35. The first-order valence-electron chi connectivity index (χ1n) is 6.97. The van der Waals surface area contributed by atoms with Crippen LogP contribution in [0.2, 0.25) is 0 Å². The molecule has 0 aliphatic carbocycles. The number of halogens is 3. The number of rotatable bonds is 3. The molecule has 0 radical (unpaired) electrons. The predicted octanol–water partition coefficient (Wildman–Crippen LogP) is 2.14. The molecule has 26 heavy (non-hydrogen) atoms. The Labute approximate surface area is 147 Å². The highest BCUT2D eigenvalue weighted by Crippen LogP contribution is 2.36. The fourth-order valence-electron chi connectivity index (χ4n) is 2.10. The van der Waals surface area contributed by atoms with Gasteiger partial charge in [0.15, 0.2) is 0 Å². The maximum absolute atomic E-state index is 12.6. The van der Waals surface area contributed by atoms with Gasteiger partial charge in [0.25, 0.3) is 12.1 Å². The smallest absolute Gasteiger partial charge is 0.428 e. The van der Waals surface area contributed by atoms with E-state index in [0.29, 0.717) is 4.90 Å². The SMILES string of the molecule is CN1C(=O)N(c2nnc(C(F)(F)F)s2)C(=O)C1OC(=O)c1ccccc1. The van der Waals surface area contributed by atoms with Gasteiger partial charge in [-0.05, 0) is 12.1 Å². The van der Waals surface area contributed by atoms with Gasteiger partial charge in [-0.3, -0.25) is 9.69 Å². The van der Waals surface area contributed by atoms with Gasteiger partial charge in [-0.1, -0.05) is 29.5 Å². The lowest BCUT2D eigenvalue weighted by molar-refractivity contribution is -0.138. The van der Waals surface area contributed by atoms with Crippen molar-refractivity contribution in [3.8, 4) is 0 Å². The Balaban J connectivity index is 1.83. The van der Waals surface area contributed by atoms with Gasteiger partial charge in [-0.15, -0.1) is 10.2 Å². The minimum Gasteiger partial charge on any atom is -0.428 e. The summed E-state index contributed by atoms with van der Waals surface area (Å²) in [7, 11) is 1.18. The van der Waals surface area contributed by atoms with Crippen molar-refractivity contribution in [2.45, 2.75) is 12.4 Å². The Kier molecular flexibility index (Phi) is 4.36. The van der Waals surface area contributed by atoms with Crippen LogP contribution in [-0.2, 0) is 15.7 Å². The summed E-state index contributed by atoms with van der Waals surface area (Å²) in [4.78, 5) is 37.9. The number of likely N-dealkylation sites (N-methyl/N-ethyl adjacent to an activating group) is 1. The number of benzene rings is 1. The first kappa shape index (κ1) is 17.8. The van der Waals surface area contributed by atoms with Crippen molar-refractivity contribution in [3.05, 3.63) is 40.9 Å². The largest absolute Gasteiger partial charge is 0.445 e. The number of hydrogen-bond acceptors (Lipinski definition) is 7. The van der Waals surface area contributed by atoms with Crippen LogP contribution in [-0.4, -0.2) is 46.3 Å². The number of ether oxygens (including phenoxy) is 1. The molecule has 2 heterocycles. The highest BCUT2D eigenvalue weighted by molar-refractivity contribution is 7.15. The summed E-state index contributed by atoms with van der Waals surface area (Å²) < 4.78 is 42.9. The normalized spacial score (nSPS) is 17.8. The number of esters is 1. The van der Waals surface area contributed by atoms with Crippen LogP contribution in [0.25, 0.3) is 0 Å². The fraction of sp³-hybridized carbons (Fsp3) is 0.214. The zero-order valence-electron chi connectivity index (χ0n) is 12.9. The molecule has 0 N–H and O–H groups in total. The molecule has 0 saturated carbocycles. The van der Waals surface area contributed by atoms with E-state index in [0.717, 1.165) is 4.90 Å². The van der Waals surface area contributed by atoms with Crippen molar-refractivity contribution < 1.29 is 32.3 Å². The molecular formula is C14H9F3N4O4S. The van der Waals surface area contributed by atoms with Crippen LogP contribution < -0.4 is 4.90 Å². The number of alkyl halides is 3. The van der Waals surface area contributed by atoms with E-state index in [2.05, 4.69) is 10.2 Å². The predicted molar refractivity (Wildman–Crippen MR) is 81.2 cm³/mol. The van der Waals surface area contributed by atoms with Crippen LogP contribution in [0.3, 0.4) is 0 Å². The highest BCUT2D eigenvalue weighted by atomic mass is 32.1. The number of carbonyl (C=O) groups is 3. The molecule has 1 aliphatic heterocycles. The number of hydrogen-bond donors (Lipinski definition) is 0. The number of carbonyl (C=O) groups excluding carboxylic acids is 3. The average Bonchev–Trinajstić information content (AvgIpc) is 3.15. The topological polar surface area (TPSA) is 92.7 Å². The lowest BCUT2D eigenvalue weighted by Gasteiger charge is -2.16. The summed E-state index contributed by atoms with van der Waals surface area (Å²) in [5.41, 5.74) is 0.148. The van der Waals surface area contributed by atoms with Crippen molar-refractivity contribution in [2.75, 3.05) is 11.9 Å². The van der Waals surface area contributed by atoms with Crippen LogP contribution in [0.15, 0.2) is 30.3 Å². The van der Waals surface area contributed by atoms with Crippen LogP contribution in [0, 0.1) is 0 Å². The molecule has 136 valence electrons. The van der Waals surface area contributed by atoms with E-state index in [1.807, 2.05) is 0 Å². The summed E-state index contributed by atoms with van der Waals surface area (Å²) in [6.45, 7) is 0. The number of anilines is 1. The maximum Gasteiger partial charge on any atom is 0.445 e. The molecule has 1 unspecified atom stereocenters. The van der Waals surface area contributed by atoms with Crippen molar-refractivity contribution in [1.82, 2.24) is 15.1 Å². The molecule has 1 aliphatic rings. The monoisotopic (exact) mass is 386 g/mol. The number of amides is 3. The Morgan fingerprint density at radius 2 is 1.85 bits per heavy atom. The van der Waals surface area contributed by atoms with Crippen LogP contribution >= 0.6 is 11.3 Å². The van der Waals surface area contributed by atoms with E-state index >= 15 is 0 Å². The van der Waals surface area contributed by atoms with Gasteiger partial charge in [0.05, 0.1) is 5.56 Å². The van der Waals surface area contributed by atoms with Gasteiger partial charge in [0, 0.05) is 7.05 Å². The van der Waals surface area contributed by atoms with Crippen molar-refractivity contribution in [1.29, 1.82) is 0 Å². The van der Waals surface area contributed by atoms with Crippen LogP contribution in [0.5, 0.6) is 0 Å². The summed E-state index contributed by atoms with van der Waals surface area (Å²) in [5, 5.41) is 4.30. The Bertz CT molecular complexity index is 871. The molecule has 1 saturated heterocycles. The molecule has 8 nitrogen and oxygen atoms in total.